The number of nitrogens with zero attached hydrogens (tertiary/aromatic N) is 5. The van der Waals surface area contributed by atoms with Crippen molar-refractivity contribution in [2.45, 2.75) is 13.0 Å². The van der Waals surface area contributed by atoms with E-state index in [2.05, 4.69) is 15.0 Å². The van der Waals surface area contributed by atoms with Gasteiger partial charge in [0.25, 0.3) is 0 Å². The van der Waals surface area contributed by atoms with Crippen LogP contribution in [0.25, 0.3) is 5.65 Å². The molecule has 8 nitrogen and oxygen atoms in total. The second-order valence-corrected chi connectivity index (χ2v) is 4.45. The van der Waals surface area contributed by atoms with E-state index in [9.17, 15) is 10.1 Å². The second kappa shape index (κ2) is 4.47. The topological polar surface area (TPSA) is 85.8 Å². The van der Waals surface area contributed by atoms with Gasteiger partial charge in [-0.1, -0.05) is 9.61 Å². The van der Waals surface area contributed by atoms with Crippen molar-refractivity contribution in [2.75, 3.05) is 24.7 Å². The summed E-state index contributed by atoms with van der Waals surface area (Å²) in [5, 5.41) is 15.2. The molecule has 0 radical (unpaired) electrons. The van der Waals surface area contributed by atoms with E-state index in [1.807, 2.05) is 13.0 Å². The molecule has 1 aliphatic heterocycles. The first-order valence-corrected chi connectivity index (χ1v) is 6.00. The van der Waals surface area contributed by atoms with E-state index in [4.69, 9.17) is 4.74 Å². The van der Waals surface area contributed by atoms with Gasteiger partial charge < -0.3 is 19.8 Å². The number of rotatable bonds is 2. The van der Waals surface area contributed by atoms with Crippen LogP contribution in [0.5, 0.6) is 0 Å². The summed E-state index contributed by atoms with van der Waals surface area (Å²) in [6.45, 7) is 4.03. The van der Waals surface area contributed by atoms with E-state index < -0.39 is 4.92 Å². The van der Waals surface area contributed by atoms with Crippen molar-refractivity contribution in [1.29, 1.82) is 0 Å². The molecule has 1 atom stereocenters. The molecule has 19 heavy (non-hydrogen) atoms. The van der Waals surface area contributed by atoms with Crippen LogP contribution in [-0.2, 0) is 4.74 Å². The van der Waals surface area contributed by atoms with Gasteiger partial charge >= 0.3 is 5.82 Å². The molecule has 0 amide bonds. The van der Waals surface area contributed by atoms with Crippen LogP contribution in [0.4, 0.5) is 11.6 Å². The maximum atomic E-state index is 10.9. The lowest BCUT2D eigenvalue weighted by Gasteiger charge is -2.33. The normalized spacial score (nSPS) is 19.8. The number of fused-ring (bicyclic) bond motifs is 1. The van der Waals surface area contributed by atoms with Crippen molar-refractivity contribution in [2.24, 2.45) is 0 Å². The van der Waals surface area contributed by atoms with E-state index in [-0.39, 0.29) is 11.9 Å². The van der Waals surface area contributed by atoms with Crippen LogP contribution >= 0.6 is 0 Å². The Balaban J connectivity index is 2.04. The van der Waals surface area contributed by atoms with Gasteiger partial charge in [-0.05, 0) is 17.9 Å². The third kappa shape index (κ3) is 1.99. The highest BCUT2D eigenvalue weighted by atomic mass is 16.6. The molecule has 0 N–H and O–H groups in total. The number of ether oxygens (including phenoxy) is 1. The first kappa shape index (κ1) is 11.8. The highest BCUT2D eigenvalue weighted by Gasteiger charge is 2.23. The number of nitro groups is 1. The number of imidazole rings is 1. The third-order valence-corrected chi connectivity index (χ3v) is 3.18. The zero-order valence-corrected chi connectivity index (χ0v) is 10.4. The van der Waals surface area contributed by atoms with Crippen molar-refractivity contribution in [1.82, 2.24) is 14.6 Å². The number of morpholine rings is 1. The Hall–Kier alpha value is -2.22. The third-order valence-electron chi connectivity index (χ3n) is 3.18. The summed E-state index contributed by atoms with van der Waals surface area (Å²) in [6, 6.07) is 3.76. The number of hydrogen-bond acceptors (Lipinski definition) is 6. The molecule has 0 saturated carbocycles. The predicted octanol–water partition coefficient (Wildman–Crippen LogP) is 0.863. The van der Waals surface area contributed by atoms with E-state index in [1.165, 1.54) is 10.7 Å². The maximum Gasteiger partial charge on any atom is 0.368 e. The smallest absolute Gasteiger partial charge is 0.368 e. The summed E-state index contributed by atoms with van der Waals surface area (Å²) in [6.07, 6.45) is 1.22. The maximum absolute atomic E-state index is 10.9. The minimum atomic E-state index is -0.487. The average Bonchev–Trinajstić information content (AvgIpc) is 2.82. The Labute approximate surface area is 108 Å². The Morgan fingerprint density at radius 3 is 3.11 bits per heavy atom. The fraction of sp³-hybridized carbons (Fsp3) is 0.455. The van der Waals surface area contributed by atoms with Gasteiger partial charge in [0.2, 0.25) is 5.65 Å². The molecule has 0 spiro atoms. The minimum absolute atomic E-state index is 0.127. The van der Waals surface area contributed by atoms with Gasteiger partial charge in [0.1, 0.15) is 6.20 Å². The van der Waals surface area contributed by atoms with Crippen LogP contribution in [0.2, 0.25) is 0 Å². The largest absolute Gasteiger partial charge is 0.377 e. The highest BCUT2D eigenvalue weighted by Crippen LogP contribution is 2.20. The molecule has 0 aromatic carbocycles. The van der Waals surface area contributed by atoms with Crippen LogP contribution in [0, 0.1) is 10.1 Å². The van der Waals surface area contributed by atoms with Crippen LogP contribution < -0.4 is 4.90 Å². The van der Waals surface area contributed by atoms with Crippen LogP contribution in [-0.4, -0.2) is 45.3 Å². The zero-order valence-electron chi connectivity index (χ0n) is 10.4. The Morgan fingerprint density at radius 2 is 2.37 bits per heavy atom. The van der Waals surface area contributed by atoms with Gasteiger partial charge in [0.15, 0.2) is 5.82 Å². The first-order valence-electron chi connectivity index (χ1n) is 6.00. The minimum Gasteiger partial charge on any atom is -0.377 e. The van der Waals surface area contributed by atoms with Crippen molar-refractivity contribution in [3.05, 3.63) is 28.4 Å². The first-order chi connectivity index (χ1) is 9.16. The van der Waals surface area contributed by atoms with Gasteiger partial charge in [0, 0.05) is 12.6 Å². The zero-order chi connectivity index (χ0) is 13.4. The molecule has 1 unspecified atom stereocenters. The molecule has 0 bridgehead atoms. The van der Waals surface area contributed by atoms with Crippen LogP contribution in [0.1, 0.15) is 6.92 Å². The number of aromatic nitrogens is 3. The summed E-state index contributed by atoms with van der Waals surface area (Å²) >= 11 is 0. The fourth-order valence-corrected chi connectivity index (χ4v) is 2.20. The molecule has 0 aliphatic carbocycles. The molecule has 100 valence electrons. The standard InChI is InChI=1S/C11H13N5O3/c1-8-7-19-5-4-14(8)10-3-2-9-12-6-11(16(17)18)15(9)13-10/h2-3,6,8H,4-5,7H2,1H3. The molecule has 8 heteroatoms. The summed E-state index contributed by atoms with van der Waals surface area (Å²) < 4.78 is 6.63. The van der Waals surface area contributed by atoms with Gasteiger partial charge in [-0.15, -0.1) is 0 Å². The lowest BCUT2D eigenvalue weighted by Crippen LogP contribution is -2.44. The summed E-state index contributed by atoms with van der Waals surface area (Å²) in [7, 11) is 0. The van der Waals surface area contributed by atoms with Gasteiger partial charge in [-0.3, -0.25) is 0 Å². The summed E-state index contributed by atoms with van der Waals surface area (Å²) in [4.78, 5) is 16.4. The molecule has 2 aromatic heterocycles. The van der Waals surface area contributed by atoms with E-state index in [1.54, 1.807) is 6.07 Å². The fourth-order valence-electron chi connectivity index (χ4n) is 2.20. The monoisotopic (exact) mass is 263 g/mol. The lowest BCUT2D eigenvalue weighted by atomic mass is 10.2. The molecular formula is C11H13N5O3. The Morgan fingerprint density at radius 1 is 1.53 bits per heavy atom. The molecular weight excluding hydrogens is 250 g/mol. The molecule has 1 fully saturated rings. The van der Waals surface area contributed by atoms with Crippen LogP contribution in [0.15, 0.2) is 18.3 Å². The van der Waals surface area contributed by atoms with Crippen molar-refractivity contribution >= 4 is 17.3 Å². The highest BCUT2D eigenvalue weighted by molar-refractivity contribution is 5.49. The second-order valence-electron chi connectivity index (χ2n) is 4.45. The Bertz CT molecular complexity index is 626. The van der Waals surface area contributed by atoms with Gasteiger partial charge in [0.05, 0.1) is 19.3 Å². The van der Waals surface area contributed by atoms with Gasteiger partial charge in [-0.25, -0.2) is 4.98 Å². The van der Waals surface area contributed by atoms with Crippen molar-refractivity contribution < 1.29 is 9.66 Å². The average molecular weight is 263 g/mol. The number of hydrogen-bond donors (Lipinski definition) is 0. The van der Waals surface area contributed by atoms with E-state index >= 15 is 0 Å². The van der Waals surface area contributed by atoms with Crippen molar-refractivity contribution in [3.8, 4) is 0 Å². The summed E-state index contributed by atoms with van der Waals surface area (Å²) in [5.74, 6) is 0.571. The van der Waals surface area contributed by atoms with Crippen LogP contribution in [0.3, 0.4) is 0 Å². The molecule has 2 aromatic rings. The molecule has 3 heterocycles. The summed E-state index contributed by atoms with van der Waals surface area (Å²) in [5.41, 5.74) is 0.469. The lowest BCUT2D eigenvalue weighted by molar-refractivity contribution is -0.391. The molecule has 1 aliphatic rings. The predicted molar refractivity (Wildman–Crippen MR) is 67.3 cm³/mol. The molecule has 1 saturated heterocycles. The molecule has 3 rings (SSSR count). The van der Waals surface area contributed by atoms with E-state index in [0.717, 1.165) is 6.54 Å². The number of anilines is 1. The van der Waals surface area contributed by atoms with E-state index in [0.29, 0.717) is 24.7 Å². The quantitative estimate of drug-likeness (QED) is 0.590. The SMILES string of the molecule is CC1COCCN1c1ccc2ncc([N+](=O)[O-])n2n1. The Kier molecular flexibility index (Phi) is 2.79. The van der Waals surface area contributed by atoms with Gasteiger partial charge in [-0.2, -0.15) is 0 Å². The van der Waals surface area contributed by atoms with Crippen molar-refractivity contribution in [3.63, 3.8) is 0 Å².